The summed E-state index contributed by atoms with van der Waals surface area (Å²) >= 11 is 2.02. The SMILES string of the molecule is C#Cc1cc(OC)c(C(C)(C)C)cc1F.Cc1cc(I)c(F)cc1C(C)(C)C.Cc1cc2ccccc2cc1C(C)(C)C.Cc1ccc(C(C)(C)C)c(C)c1. The summed E-state index contributed by atoms with van der Waals surface area (Å²) in [5.41, 5.74) is 10.7. The molecule has 0 aromatic heterocycles. The van der Waals surface area contributed by atoms with Crippen LogP contribution in [0, 0.1) is 55.2 Å². The number of rotatable bonds is 1. The van der Waals surface area contributed by atoms with Gasteiger partial charge in [0, 0.05) is 9.13 Å². The molecule has 0 spiro atoms. The van der Waals surface area contributed by atoms with Crippen LogP contribution in [0.1, 0.15) is 133 Å². The quantitative estimate of drug-likeness (QED) is 0.121. The van der Waals surface area contributed by atoms with Crippen molar-refractivity contribution in [3.8, 4) is 18.1 Å². The number of hydrogen-bond donors (Lipinski definition) is 0. The first-order chi connectivity index (χ1) is 25.1. The van der Waals surface area contributed by atoms with Crippen molar-refractivity contribution in [1.82, 2.24) is 0 Å². The van der Waals surface area contributed by atoms with E-state index in [1.165, 1.54) is 50.2 Å². The molecule has 0 heterocycles. The monoisotopic (exact) mass is 858 g/mol. The van der Waals surface area contributed by atoms with Gasteiger partial charge in [-0.05, 0) is 140 Å². The van der Waals surface area contributed by atoms with E-state index >= 15 is 0 Å². The topological polar surface area (TPSA) is 9.23 Å². The second-order valence-corrected chi connectivity index (χ2v) is 19.8. The number of terminal acetylenes is 1. The van der Waals surface area contributed by atoms with Gasteiger partial charge in [0.05, 0.1) is 12.7 Å². The minimum absolute atomic E-state index is 0.0231. The third-order valence-corrected chi connectivity index (χ3v) is 10.2. The summed E-state index contributed by atoms with van der Waals surface area (Å²) in [6, 6.07) is 26.4. The number of fused-ring (bicyclic) bond motifs is 1. The molecule has 0 aliphatic rings. The highest BCUT2D eigenvalue weighted by Crippen LogP contribution is 2.34. The number of ether oxygens (including phenoxy) is 1. The van der Waals surface area contributed by atoms with Crippen molar-refractivity contribution in [2.45, 2.75) is 132 Å². The molecule has 0 radical (unpaired) electrons. The summed E-state index contributed by atoms with van der Waals surface area (Å²) in [6.07, 6.45) is 5.19. The van der Waals surface area contributed by atoms with E-state index in [0.717, 1.165) is 11.1 Å². The number of halogens is 3. The van der Waals surface area contributed by atoms with E-state index in [0.29, 0.717) is 9.32 Å². The van der Waals surface area contributed by atoms with Crippen LogP contribution in [0.4, 0.5) is 8.78 Å². The van der Waals surface area contributed by atoms with E-state index in [2.05, 4.69) is 144 Å². The molecule has 296 valence electrons. The van der Waals surface area contributed by atoms with E-state index < -0.39 is 0 Å². The van der Waals surface area contributed by atoms with Gasteiger partial charge in [-0.15, -0.1) is 6.42 Å². The Hall–Kier alpha value is -3.69. The Morgan fingerprint density at radius 1 is 0.527 bits per heavy atom. The first kappa shape index (κ1) is 47.5. The fraction of sp³-hybridized carbons (Fsp3) is 0.412. The van der Waals surface area contributed by atoms with Gasteiger partial charge in [-0.25, -0.2) is 8.78 Å². The Kier molecular flexibility index (Phi) is 16.4. The van der Waals surface area contributed by atoms with Crippen molar-refractivity contribution in [3.63, 3.8) is 0 Å². The second kappa shape index (κ2) is 19.0. The van der Waals surface area contributed by atoms with Crippen LogP contribution in [0.2, 0.25) is 0 Å². The van der Waals surface area contributed by atoms with E-state index in [4.69, 9.17) is 11.2 Å². The Morgan fingerprint density at radius 3 is 1.42 bits per heavy atom. The predicted octanol–water partition coefficient (Wildman–Crippen LogP) is 15.2. The summed E-state index contributed by atoms with van der Waals surface area (Å²) < 4.78 is 32.7. The van der Waals surface area contributed by atoms with Gasteiger partial charge in [-0.3, -0.25) is 0 Å². The Morgan fingerprint density at radius 2 is 0.964 bits per heavy atom. The lowest BCUT2D eigenvalue weighted by molar-refractivity contribution is 0.395. The van der Waals surface area contributed by atoms with Crippen LogP contribution in [0.25, 0.3) is 10.8 Å². The molecule has 0 saturated heterocycles. The molecule has 0 saturated carbocycles. The zero-order valence-electron chi connectivity index (χ0n) is 36.6. The van der Waals surface area contributed by atoms with Crippen molar-refractivity contribution in [2.75, 3.05) is 7.11 Å². The molecule has 5 aromatic carbocycles. The Labute approximate surface area is 346 Å². The van der Waals surface area contributed by atoms with Gasteiger partial charge in [0.25, 0.3) is 0 Å². The van der Waals surface area contributed by atoms with Crippen molar-refractivity contribution in [2.24, 2.45) is 0 Å². The summed E-state index contributed by atoms with van der Waals surface area (Å²) in [5.74, 6) is 2.44. The van der Waals surface area contributed by atoms with E-state index in [1.807, 2.05) is 56.4 Å². The average molecular weight is 859 g/mol. The molecule has 1 nitrogen and oxygen atoms in total. The lowest BCUT2D eigenvalue weighted by Gasteiger charge is -2.22. The van der Waals surface area contributed by atoms with Crippen molar-refractivity contribution >= 4 is 33.4 Å². The lowest BCUT2D eigenvalue weighted by atomic mass is 9.83. The third-order valence-electron chi connectivity index (χ3n) is 9.42. The molecule has 4 heteroatoms. The Bertz CT molecular complexity index is 2110. The second-order valence-electron chi connectivity index (χ2n) is 18.6. The maximum Gasteiger partial charge on any atom is 0.139 e. The summed E-state index contributed by atoms with van der Waals surface area (Å²) in [6.45, 7) is 34.4. The standard InChI is InChI=1S/C15H18.C13H15FO.C12H18.C11H14FI/c1-11-9-12-7-5-6-8-13(12)10-14(11)15(2,3)4;1-6-9-7-12(15-5)10(8-11(9)14)13(2,3)4;1-9-6-7-11(10(2)8-9)12(3,4)5;1-7-5-10(13)9(12)6-8(7)11(2,3)4/h5-10H,1-4H3;1,7-8H,2-5H3;6-8H,1-5H3;5-6H,1-4H3. The van der Waals surface area contributed by atoms with Crippen molar-refractivity contribution in [1.29, 1.82) is 0 Å². The molecule has 0 aliphatic carbocycles. The van der Waals surface area contributed by atoms with Gasteiger partial charge < -0.3 is 4.74 Å². The fourth-order valence-electron chi connectivity index (χ4n) is 6.69. The molecule has 0 unspecified atom stereocenters. The number of aryl methyl sites for hydroxylation is 4. The fourth-order valence-corrected chi connectivity index (χ4v) is 7.31. The molecule has 0 aliphatic heterocycles. The maximum atomic E-state index is 13.5. The molecule has 0 bridgehead atoms. The van der Waals surface area contributed by atoms with Gasteiger partial charge in [-0.2, -0.15) is 0 Å². The molecule has 0 atom stereocenters. The van der Waals surface area contributed by atoms with E-state index in [9.17, 15) is 8.78 Å². The number of benzene rings is 5. The molecular weight excluding hydrogens is 793 g/mol. The highest BCUT2D eigenvalue weighted by atomic mass is 127. The van der Waals surface area contributed by atoms with Crippen LogP contribution in [-0.4, -0.2) is 7.11 Å². The zero-order chi connectivity index (χ0) is 42.3. The largest absolute Gasteiger partial charge is 0.496 e. The first-order valence-corrected chi connectivity index (χ1v) is 20.1. The minimum atomic E-state index is -0.372. The van der Waals surface area contributed by atoms with E-state index in [1.54, 1.807) is 19.2 Å². The van der Waals surface area contributed by atoms with Crippen LogP contribution in [-0.2, 0) is 21.7 Å². The molecule has 55 heavy (non-hydrogen) atoms. The lowest BCUT2D eigenvalue weighted by Crippen LogP contribution is -2.13. The molecule has 0 N–H and O–H groups in total. The molecule has 5 rings (SSSR count). The van der Waals surface area contributed by atoms with E-state index in [-0.39, 0.29) is 38.9 Å². The smallest absolute Gasteiger partial charge is 0.139 e. The minimum Gasteiger partial charge on any atom is -0.496 e. The van der Waals surface area contributed by atoms with Crippen LogP contribution in [0.3, 0.4) is 0 Å². The van der Waals surface area contributed by atoms with Gasteiger partial charge in [-0.1, -0.05) is 149 Å². The van der Waals surface area contributed by atoms with Crippen LogP contribution in [0.15, 0.2) is 78.9 Å². The first-order valence-electron chi connectivity index (χ1n) is 19.0. The van der Waals surface area contributed by atoms with Gasteiger partial charge >= 0.3 is 0 Å². The predicted molar refractivity (Wildman–Crippen MR) is 244 cm³/mol. The summed E-state index contributed by atoms with van der Waals surface area (Å²) in [5, 5.41) is 2.68. The highest BCUT2D eigenvalue weighted by molar-refractivity contribution is 14.1. The van der Waals surface area contributed by atoms with Gasteiger partial charge in [0.1, 0.15) is 17.4 Å². The zero-order valence-corrected chi connectivity index (χ0v) is 38.8. The summed E-state index contributed by atoms with van der Waals surface area (Å²) in [7, 11) is 1.56. The molecule has 0 amide bonds. The Balaban J connectivity index is 0.000000255. The normalized spacial score (nSPS) is 11.6. The van der Waals surface area contributed by atoms with Crippen molar-refractivity contribution in [3.05, 3.63) is 144 Å². The van der Waals surface area contributed by atoms with Gasteiger partial charge in [0.2, 0.25) is 0 Å². The highest BCUT2D eigenvalue weighted by Gasteiger charge is 2.21. The van der Waals surface area contributed by atoms with Gasteiger partial charge in [0.15, 0.2) is 0 Å². The third kappa shape index (κ3) is 13.8. The van der Waals surface area contributed by atoms with Crippen LogP contribution in [0.5, 0.6) is 5.75 Å². The number of hydrogen-bond acceptors (Lipinski definition) is 1. The average Bonchev–Trinajstić information content (AvgIpc) is 3.05. The molecule has 5 aromatic rings. The summed E-state index contributed by atoms with van der Waals surface area (Å²) in [4.78, 5) is 0. The van der Waals surface area contributed by atoms with Crippen molar-refractivity contribution < 1.29 is 13.5 Å². The number of methoxy groups -OCH3 is 1. The molecular formula is C51H65F2IO. The molecule has 0 fully saturated rings. The van der Waals surface area contributed by atoms with Crippen LogP contribution < -0.4 is 4.74 Å². The van der Waals surface area contributed by atoms with Crippen LogP contribution >= 0.6 is 22.6 Å². The maximum absolute atomic E-state index is 13.5.